The van der Waals surface area contributed by atoms with Gasteiger partial charge in [0.1, 0.15) is 11.5 Å². The number of hydrogen-bond donors (Lipinski definition) is 0. The van der Waals surface area contributed by atoms with Gasteiger partial charge in [0, 0.05) is 18.1 Å². The normalized spacial score (nSPS) is 10.1. The van der Waals surface area contributed by atoms with Crippen molar-refractivity contribution in [2.45, 2.75) is 6.42 Å². The van der Waals surface area contributed by atoms with Crippen molar-refractivity contribution < 1.29 is 23.7 Å². The van der Waals surface area contributed by atoms with Gasteiger partial charge in [-0.15, -0.1) is 0 Å². The van der Waals surface area contributed by atoms with Crippen LogP contribution in [0.1, 0.15) is 15.9 Å². The Morgan fingerprint density at radius 1 is 0.783 bits per heavy atom. The minimum Gasteiger partial charge on any atom is -0.497 e. The third-order valence-electron chi connectivity index (χ3n) is 3.49. The third kappa shape index (κ3) is 3.94. The maximum absolute atomic E-state index is 12.5. The summed E-state index contributed by atoms with van der Waals surface area (Å²) < 4.78 is 20.9. The fraction of sp³-hybridized carbons (Fsp3) is 0.278. The molecular weight excluding hydrogens is 296 g/mol. The number of hydrogen-bond acceptors (Lipinski definition) is 5. The maximum atomic E-state index is 12.5. The second kappa shape index (κ2) is 7.54. The molecule has 122 valence electrons. The zero-order valence-corrected chi connectivity index (χ0v) is 13.7. The lowest BCUT2D eigenvalue weighted by atomic mass is 10.0. The molecule has 0 fully saturated rings. The van der Waals surface area contributed by atoms with Gasteiger partial charge in [0.05, 0.1) is 28.4 Å². The number of benzene rings is 2. The van der Waals surface area contributed by atoms with Crippen LogP contribution in [0, 0.1) is 0 Å². The van der Waals surface area contributed by atoms with E-state index >= 15 is 0 Å². The van der Waals surface area contributed by atoms with E-state index in [0.29, 0.717) is 28.6 Å². The van der Waals surface area contributed by atoms with E-state index in [1.165, 1.54) is 0 Å². The predicted molar refractivity (Wildman–Crippen MR) is 87.1 cm³/mol. The molecule has 0 aliphatic rings. The Hall–Kier alpha value is -2.69. The molecule has 0 aromatic heterocycles. The first-order chi connectivity index (χ1) is 11.1. The zero-order chi connectivity index (χ0) is 16.8. The molecule has 0 aliphatic carbocycles. The monoisotopic (exact) mass is 316 g/mol. The zero-order valence-electron chi connectivity index (χ0n) is 13.7. The largest absolute Gasteiger partial charge is 0.497 e. The molecule has 23 heavy (non-hydrogen) atoms. The van der Waals surface area contributed by atoms with E-state index in [4.69, 9.17) is 18.9 Å². The highest BCUT2D eigenvalue weighted by atomic mass is 16.5. The van der Waals surface area contributed by atoms with Crippen LogP contribution in [-0.2, 0) is 6.42 Å². The highest BCUT2D eigenvalue weighted by molar-refractivity contribution is 5.98. The second-order valence-electron chi connectivity index (χ2n) is 4.89. The Morgan fingerprint density at radius 3 is 1.91 bits per heavy atom. The minimum atomic E-state index is -0.0329. The summed E-state index contributed by atoms with van der Waals surface area (Å²) in [6.45, 7) is 0. The van der Waals surface area contributed by atoms with E-state index in [1.54, 1.807) is 58.8 Å². The molecule has 0 spiro atoms. The highest BCUT2D eigenvalue weighted by Gasteiger charge is 2.12. The van der Waals surface area contributed by atoms with Crippen LogP contribution in [0.4, 0.5) is 0 Å². The number of methoxy groups -OCH3 is 4. The van der Waals surface area contributed by atoms with Gasteiger partial charge in [-0.2, -0.15) is 0 Å². The Kier molecular flexibility index (Phi) is 5.46. The topological polar surface area (TPSA) is 54.0 Å². The van der Waals surface area contributed by atoms with Crippen molar-refractivity contribution in [2.75, 3.05) is 28.4 Å². The van der Waals surface area contributed by atoms with Gasteiger partial charge in [-0.25, -0.2) is 0 Å². The molecule has 5 heteroatoms. The van der Waals surface area contributed by atoms with E-state index in [1.807, 2.05) is 6.07 Å². The Labute approximate surface area is 135 Å². The predicted octanol–water partition coefficient (Wildman–Crippen LogP) is 3.15. The first-order valence-corrected chi connectivity index (χ1v) is 7.08. The van der Waals surface area contributed by atoms with Gasteiger partial charge >= 0.3 is 0 Å². The fourth-order valence-corrected chi connectivity index (χ4v) is 2.25. The van der Waals surface area contributed by atoms with Gasteiger partial charge in [-0.1, -0.05) is 6.07 Å². The number of ether oxygens (including phenoxy) is 4. The highest BCUT2D eigenvalue weighted by Crippen LogP contribution is 2.29. The first kappa shape index (κ1) is 16.7. The summed E-state index contributed by atoms with van der Waals surface area (Å²) in [5, 5.41) is 0. The van der Waals surface area contributed by atoms with Crippen molar-refractivity contribution >= 4 is 5.78 Å². The fourth-order valence-electron chi connectivity index (χ4n) is 2.25. The number of Topliss-reactive ketones (excluding diaryl/α,β-unsaturated/α-hetero) is 1. The molecular formula is C18H20O5. The summed E-state index contributed by atoms with van der Waals surface area (Å²) in [5.74, 6) is 2.36. The molecule has 0 bridgehead atoms. The maximum Gasteiger partial charge on any atom is 0.167 e. The summed E-state index contributed by atoms with van der Waals surface area (Å²) in [6.07, 6.45) is 0.247. The van der Waals surface area contributed by atoms with Crippen LogP contribution in [0.3, 0.4) is 0 Å². The summed E-state index contributed by atoms with van der Waals surface area (Å²) in [4.78, 5) is 12.5. The summed E-state index contributed by atoms with van der Waals surface area (Å²) >= 11 is 0. The van der Waals surface area contributed by atoms with E-state index < -0.39 is 0 Å². The second-order valence-corrected chi connectivity index (χ2v) is 4.89. The lowest BCUT2D eigenvalue weighted by Crippen LogP contribution is -2.05. The summed E-state index contributed by atoms with van der Waals surface area (Å²) in [7, 11) is 6.25. The smallest absolute Gasteiger partial charge is 0.167 e. The van der Waals surface area contributed by atoms with Gasteiger partial charge < -0.3 is 18.9 Å². The molecule has 0 atom stereocenters. The first-order valence-electron chi connectivity index (χ1n) is 7.08. The molecule has 0 saturated heterocycles. The Balaban J connectivity index is 2.25. The number of carbonyl (C=O) groups excluding carboxylic acids is 1. The molecule has 0 amide bonds. The molecule has 2 rings (SSSR count). The van der Waals surface area contributed by atoms with Crippen molar-refractivity contribution in [1.82, 2.24) is 0 Å². The average Bonchev–Trinajstić information content (AvgIpc) is 2.60. The average molecular weight is 316 g/mol. The molecule has 2 aromatic rings. The molecule has 0 heterocycles. The van der Waals surface area contributed by atoms with Crippen LogP contribution in [-0.4, -0.2) is 34.2 Å². The lowest BCUT2D eigenvalue weighted by Gasteiger charge is -2.10. The van der Waals surface area contributed by atoms with Crippen LogP contribution in [0.5, 0.6) is 23.0 Å². The van der Waals surface area contributed by atoms with E-state index in [2.05, 4.69) is 0 Å². The summed E-state index contributed by atoms with van der Waals surface area (Å²) in [6, 6.07) is 10.6. The van der Waals surface area contributed by atoms with Crippen molar-refractivity contribution in [1.29, 1.82) is 0 Å². The Bertz CT molecular complexity index is 672. The van der Waals surface area contributed by atoms with Crippen LogP contribution in [0.15, 0.2) is 36.4 Å². The molecule has 2 aromatic carbocycles. The van der Waals surface area contributed by atoms with Crippen molar-refractivity contribution in [2.24, 2.45) is 0 Å². The molecule has 0 saturated carbocycles. The molecule has 5 nitrogen and oxygen atoms in total. The van der Waals surface area contributed by atoms with Crippen molar-refractivity contribution in [3.8, 4) is 23.0 Å². The number of carbonyl (C=O) groups is 1. The van der Waals surface area contributed by atoms with Gasteiger partial charge in [0.2, 0.25) is 0 Å². The van der Waals surface area contributed by atoms with Gasteiger partial charge in [-0.05, 0) is 29.8 Å². The SMILES string of the molecule is COc1cc(OC)cc(C(=O)Cc2ccc(OC)c(OC)c2)c1. The quantitative estimate of drug-likeness (QED) is 0.735. The molecule has 0 N–H and O–H groups in total. The van der Waals surface area contributed by atoms with Crippen molar-refractivity contribution in [3.63, 3.8) is 0 Å². The van der Waals surface area contributed by atoms with E-state index in [-0.39, 0.29) is 12.2 Å². The van der Waals surface area contributed by atoms with E-state index in [9.17, 15) is 4.79 Å². The standard InChI is InChI=1S/C18H20O5/c1-20-14-9-13(10-15(11-14)21-2)16(19)7-12-5-6-17(22-3)18(8-12)23-4/h5-6,8-11H,7H2,1-4H3. The van der Waals surface area contributed by atoms with Gasteiger partial charge in [0.25, 0.3) is 0 Å². The van der Waals surface area contributed by atoms with Crippen molar-refractivity contribution in [3.05, 3.63) is 47.5 Å². The van der Waals surface area contributed by atoms with E-state index in [0.717, 1.165) is 5.56 Å². The third-order valence-corrected chi connectivity index (χ3v) is 3.49. The van der Waals surface area contributed by atoms with Crippen LogP contribution in [0.2, 0.25) is 0 Å². The van der Waals surface area contributed by atoms with Gasteiger partial charge in [-0.3, -0.25) is 4.79 Å². The minimum absolute atomic E-state index is 0.0329. The number of ketones is 1. The molecule has 0 radical (unpaired) electrons. The van der Waals surface area contributed by atoms with Crippen LogP contribution < -0.4 is 18.9 Å². The molecule has 0 unspecified atom stereocenters. The lowest BCUT2D eigenvalue weighted by molar-refractivity contribution is 0.0992. The van der Waals surface area contributed by atoms with Gasteiger partial charge in [0.15, 0.2) is 17.3 Å². The van der Waals surface area contributed by atoms with Crippen LogP contribution in [0.25, 0.3) is 0 Å². The van der Waals surface area contributed by atoms with Crippen LogP contribution >= 0.6 is 0 Å². The number of rotatable bonds is 7. The Morgan fingerprint density at radius 2 is 1.39 bits per heavy atom. The summed E-state index contributed by atoms with van der Waals surface area (Å²) in [5.41, 5.74) is 1.38. The molecule has 0 aliphatic heterocycles.